The van der Waals surface area contributed by atoms with E-state index in [4.69, 9.17) is 22.4 Å². The molecule has 0 fully saturated rings. The molecule has 1 rings (SSSR count). The maximum Gasteiger partial charge on any atom is 0.246 e. The van der Waals surface area contributed by atoms with Crippen LogP contribution in [-0.4, -0.2) is 37.5 Å². The Balaban J connectivity index is 3.32. The van der Waals surface area contributed by atoms with Crippen LogP contribution >= 0.6 is 11.6 Å². The minimum absolute atomic E-state index is 0.0397. The lowest BCUT2D eigenvalue weighted by Crippen LogP contribution is -2.34. The van der Waals surface area contributed by atoms with Crippen LogP contribution < -0.4 is 5.73 Å². The number of nitrogen functional groups attached to an aromatic ring is 1. The van der Waals surface area contributed by atoms with Gasteiger partial charge in [-0.25, -0.2) is 12.8 Å². The normalized spacial score (nSPS) is 12.1. The second-order valence-corrected chi connectivity index (χ2v) is 6.28. The van der Waals surface area contributed by atoms with Crippen molar-refractivity contribution in [1.82, 2.24) is 4.31 Å². The number of aliphatic hydroxyl groups excluding tert-OH is 1. The van der Waals surface area contributed by atoms with Gasteiger partial charge < -0.3 is 10.8 Å². The Morgan fingerprint density at radius 3 is 2.58 bits per heavy atom. The van der Waals surface area contributed by atoms with Crippen LogP contribution in [0.2, 0.25) is 5.02 Å². The average Bonchev–Trinajstić information content (AvgIpc) is 2.33. The Hall–Kier alpha value is -0.890. The second kappa shape index (κ2) is 6.51. The fourth-order valence-electron chi connectivity index (χ4n) is 1.62. The van der Waals surface area contributed by atoms with Gasteiger partial charge in [0.25, 0.3) is 0 Å². The first-order valence-electron chi connectivity index (χ1n) is 5.70. The maximum absolute atomic E-state index is 13.9. The molecular weight excluding hydrogens is 295 g/mol. The Morgan fingerprint density at radius 2 is 2.05 bits per heavy atom. The maximum atomic E-state index is 13.9. The number of nitrogens with two attached hydrogens (primary N) is 1. The van der Waals surface area contributed by atoms with Crippen molar-refractivity contribution in [3.63, 3.8) is 0 Å². The topological polar surface area (TPSA) is 83.6 Å². The van der Waals surface area contributed by atoms with Gasteiger partial charge in [0, 0.05) is 18.1 Å². The molecule has 108 valence electrons. The molecule has 1 aromatic carbocycles. The van der Waals surface area contributed by atoms with E-state index in [0.29, 0.717) is 6.42 Å². The van der Waals surface area contributed by atoms with Crippen LogP contribution in [0.25, 0.3) is 0 Å². The molecule has 19 heavy (non-hydrogen) atoms. The first-order chi connectivity index (χ1) is 8.84. The van der Waals surface area contributed by atoms with Crippen molar-refractivity contribution < 1.29 is 17.9 Å². The molecule has 0 radical (unpaired) electrons. The quantitative estimate of drug-likeness (QED) is 0.779. The number of halogens is 2. The van der Waals surface area contributed by atoms with Gasteiger partial charge >= 0.3 is 0 Å². The van der Waals surface area contributed by atoms with Gasteiger partial charge in [-0.3, -0.25) is 0 Å². The second-order valence-electron chi connectivity index (χ2n) is 3.93. The minimum atomic E-state index is -4.07. The van der Waals surface area contributed by atoms with Gasteiger partial charge in [-0.15, -0.1) is 0 Å². The molecule has 0 aliphatic heterocycles. The molecule has 3 N–H and O–H groups in total. The first-order valence-corrected chi connectivity index (χ1v) is 7.52. The van der Waals surface area contributed by atoms with E-state index in [2.05, 4.69) is 0 Å². The van der Waals surface area contributed by atoms with Crippen LogP contribution in [0.3, 0.4) is 0 Å². The monoisotopic (exact) mass is 310 g/mol. The molecule has 0 saturated carbocycles. The first kappa shape index (κ1) is 16.2. The summed E-state index contributed by atoms with van der Waals surface area (Å²) in [4.78, 5) is -0.570. The number of rotatable bonds is 6. The van der Waals surface area contributed by atoms with Crippen molar-refractivity contribution in [2.75, 3.05) is 25.4 Å². The summed E-state index contributed by atoms with van der Waals surface area (Å²) in [5.74, 6) is -1.02. The smallest absolute Gasteiger partial charge is 0.246 e. The lowest BCUT2D eigenvalue weighted by atomic mass is 10.3. The van der Waals surface area contributed by atoms with Crippen molar-refractivity contribution >= 4 is 27.3 Å². The fraction of sp³-hybridized carbons (Fsp3) is 0.455. The average molecular weight is 311 g/mol. The van der Waals surface area contributed by atoms with Crippen LogP contribution in [0.1, 0.15) is 13.3 Å². The van der Waals surface area contributed by atoms with Crippen LogP contribution in [0, 0.1) is 5.82 Å². The zero-order valence-electron chi connectivity index (χ0n) is 10.4. The number of sulfonamides is 1. The molecule has 1 aromatic rings. The van der Waals surface area contributed by atoms with Gasteiger partial charge in [-0.2, -0.15) is 4.31 Å². The van der Waals surface area contributed by atoms with Crippen molar-refractivity contribution in [1.29, 1.82) is 0 Å². The van der Waals surface area contributed by atoms with Crippen LogP contribution in [0.15, 0.2) is 17.0 Å². The van der Waals surface area contributed by atoms with Gasteiger partial charge in [-0.1, -0.05) is 18.5 Å². The standard InChI is InChI=1S/C11H16ClFN2O3S/c1-2-3-15(4-5-16)19(17,18)10-7-8(12)6-9(14)11(10)13/h6-7,16H,2-5,14H2,1H3. The lowest BCUT2D eigenvalue weighted by Gasteiger charge is -2.21. The molecule has 0 atom stereocenters. The Labute approximate surface area is 116 Å². The van der Waals surface area contributed by atoms with E-state index in [1.54, 1.807) is 6.92 Å². The number of aliphatic hydroxyl groups is 1. The van der Waals surface area contributed by atoms with Gasteiger partial charge in [0.2, 0.25) is 10.0 Å². The summed E-state index contributed by atoms with van der Waals surface area (Å²) >= 11 is 5.71. The Morgan fingerprint density at radius 1 is 1.42 bits per heavy atom. The van der Waals surface area contributed by atoms with Gasteiger partial charge in [-0.05, 0) is 18.6 Å². The van der Waals surface area contributed by atoms with Crippen molar-refractivity contribution in [2.24, 2.45) is 0 Å². The number of benzene rings is 1. The summed E-state index contributed by atoms with van der Waals surface area (Å²) < 4.78 is 39.5. The Kier molecular flexibility index (Phi) is 5.54. The molecule has 0 spiro atoms. The number of anilines is 1. The molecule has 8 heteroatoms. The van der Waals surface area contributed by atoms with E-state index in [-0.39, 0.29) is 30.4 Å². The molecule has 0 aliphatic rings. The molecule has 0 bridgehead atoms. The number of nitrogens with zero attached hydrogens (tertiary/aromatic N) is 1. The highest BCUT2D eigenvalue weighted by Gasteiger charge is 2.28. The molecule has 0 heterocycles. The number of hydrogen-bond donors (Lipinski definition) is 2. The van der Waals surface area contributed by atoms with Crippen LogP contribution in [-0.2, 0) is 10.0 Å². The SMILES string of the molecule is CCCN(CCO)S(=O)(=O)c1cc(Cl)cc(N)c1F. The molecule has 0 aliphatic carbocycles. The van der Waals surface area contributed by atoms with Gasteiger partial charge in [0.15, 0.2) is 5.82 Å². The fourth-order valence-corrected chi connectivity index (χ4v) is 3.56. The highest BCUT2D eigenvalue weighted by atomic mass is 35.5. The van der Waals surface area contributed by atoms with E-state index in [0.717, 1.165) is 16.4 Å². The van der Waals surface area contributed by atoms with E-state index in [9.17, 15) is 12.8 Å². The molecular formula is C11H16ClFN2O3S. The van der Waals surface area contributed by atoms with E-state index >= 15 is 0 Å². The highest BCUT2D eigenvalue weighted by molar-refractivity contribution is 7.89. The molecule has 5 nitrogen and oxygen atoms in total. The zero-order chi connectivity index (χ0) is 14.6. The minimum Gasteiger partial charge on any atom is -0.396 e. The third-order valence-electron chi connectivity index (χ3n) is 2.47. The van der Waals surface area contributed by atoms with Gasteiger partial charge in [0.1, 0.15) is 4.90 Å². The van der Waals surface area contributed by atoms with E-state index < -0.39 is 20.7 Å². The molecule has 0 unspecified atom stereocenters. The predicted octanol–water partition coefficient (Wildman–Crippen LogP) is 1.45. The van der Waals surface area contributed by atoms with Crippen LogP contribution in [0.4, 0.5) is 10.1 Å². The zero-order valence-corrected chi connectivity index (χ0v) is 12.0. The number of hydrogen-bond acceptors (Lipinski definition) is 4. The van der Waals surface area contributed by atoms with Crippen molar-refractivity contribution in [3.05, 3.63) is 23.0 Å². The molecule has 0 amide bonds. The molecule has 0 saturated heterocycles. The largest absolute Gasteiger partial charge is 0.396 e. The highest BCUT2D eigenvalue weighted by Crippen LogP contribution is 2.27. The van der Waals surface area contributed by atoms with Gasteiger partial charge in [0.05, 0.1) is 12.3 Å². The third-order valence-corrected chi connectivity index (χ3v) is 4.59. The molecule has 0 aromatic heterocycles. The summed E-state index contributed by atoms with van der Waals surface area (Å²) in [5, 5.41) is 8.94. The summed E-state index contributed by atoms with van der Waals surface area (Å²) in [6, 6.07) is 2.16. The van der Waals surface area contributed by atoms with Crippen LogP contribution in [0.5, 0.6) is 0 Å². The summed E-state index contributed by atoms with van der Waals surface area (Å²) in [7, 11) is -4.07. The summed E-state index contributed by atoms with van der Waals surface area (Å²) in [6.07, 6.45) is 0.539. The van der Waals surface area contributed by atoms with E-state index in [1.165, 1.54) is 0 Å². The summed E-state index contributed by atoms with van der Waals surface area (Å²) in [6.45, 7) is 1.50. The van der Waals surface area contributed by atoms with Crippen molar-refractivity contribution in [3.8, 4) is 0 Å². The third kappa shape index (κ3) is 3.56. The predicted molar refractivity (Wildman–Crippen MR) is 72.0 cm³/mol. The van der Waals surface area contributed by atoms with E-state index in [1.807, 2.05) is 0 Å². The Bertz CT molecular complexity index is 545. The lowest BCUT2D eigenvalue weighted by molar-refractivity contribution is 0.253. The van der Waals surface area contributed by atoms with Crippen molar-refractivity contribution in [2.45, 2.75) is 18.2 Å². The summed E-state index contributed by atoms with van der Waals surface area (Å²) in [5.41, 5.74) is 5.05.